The first-order valence-corrected chi connectivity index (χ1v) is 5.80. The van der Waals surface area contributed by atoms with Crippen LogP contribution in [0.1, 0.15) is 24.2 Å². The van der Waals surface area contributed by atoms with Crippen molar-refractivity contribution in [3.63, 3.8) is 0 Å². The first kappa shape index (κ1) is 14.8. The second kappa shape index (κ2) is 5.60. The number of hydrogen-bond donors (Lipinski definition) is 3. The van der Waals surface area contributed by atoms with Crippen LogP contribution in [-0.4, -0.2) is 25.5 Å². The molecule has 0 heterocycles. The van der Waals surface area contributed by atoms with E-state index in [-0.39, 0.29) is 12.1 Å². The van der Waals surface area contributed by atoms with E-state index in [0.717, 1.165) is 0 Å². The van der Waals surface area contributed by atoms with Crippen LogP contribution < -0.4 is 21.5 Å². The molecule has 0 atom stereocenters. The third-order valence-corrected chi connectivity index (χ3v) is 2.86. The number of hydrogen-bond acceptors (Lipinski definition) is 4. The van der Waals surface area contributed by atoms with Crippen LogP contribution in [-0.2, 0) is 4.79 Å². The molecule has 0 radical (unpaired) electrons. The lowest BCUT2D eigenvalue weighted by Gasteiger charge is -2.21. The molecule has 1 rings (SSSR count). The molecule has 5 N–H and O–H groups in total. The Kier molecular flexibility index (Phi) is 4.37. The van der Waals surface area contributed by atoms with Crippen molar-refractivity contribution >= 4 is 17.5 Å². The maximum atomic E-state index is 12.1. The van der Waals surface area contributed by atoms with E-state index in [0.29, 0.717) is 11.4 Å². The van der Waals surface area contributed by atoms with E-state index >= 15 is 0 Å². The van der Waals surface area contributed by atoms with E-state index in [1.54, 1.807) is 32.0 Å². The minimum Gasteiger partial charge on any atom is -0.496 e. The number of carbonyl (C=O) groups is 2. The van der Waals surface area contributed by atoms with Crippen molar-refractivity contribution < 1.29 is 14.3 Å². The number of ether oxygens (including phenoxy) is 1. The fraction of sp³-hybridized carbons (Fsp3) is 0.385. The molecule has 0 saturated heterocycles. The predicted molar refractivity (Wildman–Crippen MR) is 72.7 cm³/mol. The molecule has 104 valence electrons. The highest BCUT2D eigenvalue weighted by molar-refractivity contribution is 6.02. The van der Waals surface area contributed by atoms with Crippen LogP contribution in [0.25, 0.3) is 0 Å². The number of benzene rings is 1. The fourth-order valence-electron chi connectivity index (χ4n) is 1.44. The molecule has 1 aromatic rings. The second-order valence-electron chi connectivity index (χ2n) is 4.86. The number of anilines is 1. The molecule has 0 fully saturated rings. The number of primary amides is 1. The van der Waals surface area contributed by atoms with E-state index in [2.05, 4.69) is 5.32 Å². The highest BCUT2D eigenvalue weighted by Crippen LogP contribution is 2.24. The molecule has 0 aliphatic carbocycles. The molecule has 1 aromatic carbocycles. The Balaban J connectivity index is 2.88. The molecule has 0 aliphatic heterocycles. The van der Waals surface area contributed by atoms with Crippen LogP contribution in [0.4, 0.5) is 5.69 Å². The first-order valence-electron chi connectivity index (χ1n) is 5.80. The van der Waals surface area contributed by atoms with Gasteiger partial charge < -0.3 is 21.5 Å². The molecule has 0 aliphatic rings. The monoisotopic (exact) mass is 265 g/mol. The van der Waals surface area contributed by atoms with Crippen LogP contribution in [0.5, 0.6) is 5.75 Å². The molecule has 0 aromatic heterocycles. The lowest BCUT2D eigenvalue weighted by Crippen LogP contribution is -2.42. The Hall–Kier alpha value is -2.24. The molecule has 0 bridgehead atoms. The average Bonchev–Trinajstić information content (AvgIpc) is 2.35. The average molecular weight is 265 g/mol. The fourth-order valence-corrected chi connectivity index (χ4v) is 1.44. The van der Waals surface area contributed by atoms with E-state index in [4.69, 9.17) is 16.2 Å². The van der Waals surface area contributed by atoms with Gasteiger partial charge in [-0.25, -0.2) is 0 Å². The van der Waals surface area contributed by atoms with E-state index in [1.807, 2.05) is 0 Å². The Morgan fingerprint density at radius 3 is 2.53 bits per heavy atom. The van der Waals surface area contributed by atoms with Gasteiger partial charge in [0.25, 0.3) is 5.91 Å². The molecular weight excluding hydrogens is 246 g/mol. The number of rotatable bonds is 5. The summed E-state index contributed by atoms with van der Waals surface area (Å²) in [6, 6.07) is 4.94. The molecule has 0 unspecified atom stereocenters. The maximum absolute atomic E-state index is 12.1. The van der Waals surface area contributed by atoms with Gasteiger partial charge in [-0.2, -0.15) is 0 Å². The lowest BCUT2D eigenvalue weighted by atomic mass is 9.92. The van der Waals surface area contributed by atoms with Gasteiger partial charge in [-0.05, 0) is 26.0 Å². The predicted octanol–water partition coefficient (Wildman–Crippen LogP) is 0.519. The third kappa shape index (κ3) is 3.37. The van der Waals surface area contributed by atoms with Crippen molar-refractivity contribution in [3.8, 4) is 5.75 Å². The molecule has 6 heteroatoms. The molecular formula is C13H19N3O3. The van der Waals surface area contributed by atoms with Crippen molar-refractivity contribution in [1.29, 1.82) is 0 Å². The van der Waals surface area contributed by atoms with Gasteiger partial charge in [-0.1, -0.05) is 6.07 Å². The standard InChI is InChI=1S/C13H19N3O3/c1-13(2,12(15)18)7-16-11(17)10-8(14)5-4-6-9(10)19-3/h4-6H,7,14H2,1-3H3,(H2,15,18)(H,16,17). The number of nitrogen functional groups attached to an aromatic ring is 1. The largest absolute Gasteiger partial charge is 0.496 e. The summed E-state index contributed by atoms with van der Waals surface area (Å²) in [5, 5.41) is 2.64. The van der Waals surface area contributed by atoms with Gasteiger partial charge in [0.15, 0.2) is 0 Å². The number of nitrogens with two attached hydrogens (primary N) is 2. The Morgan fingerprint density at radius 1 is 1.37 bits per heavy atom. The molecule has 0 saturated carbocycles. The van der Waals surface area contributed by atoms with Gasteiger partial charge in [-0.15, -0.1) is 0 Å². The third-order valence-electron chi connectivity index (χ3n) is 2.86. The summed E-state index contributed by atoms with van der Waals surface area (Å²) >= 11 is 0. The molecule has 0 spiro atoms. The zero-order valence-electron chi connectivity index (χ0n) is 11.3. The first-order chi connectivity index (χ1) is 8.79. The van der Waals surface area contributed by atoms with Gasteiger partial charge >= 0.3 is 0 Å². The van der Waals surface area contributed by atoms with Crippen LogP contribution in [0.3, 0.4) is 0 Å². The number of carbonyl (C=O) groups excluding carboxylic acids is 2. The highest BCUT2D eigenvalue weighted by atomic mass is 16.5. The van der Waals surface area contributed by atoms with Crippen LogP contribution >= 0.6 is 0 Å². The van der Waals surface area contributed by atoms with Gasteiger partial charge in [0.1, 0.15) is 11.3 Å². The van der Waals surface area contributed by atoms with Gasteiger partial charge in [0, 0.05) is 12.2 Å². The summed E-state index contributed by atoms with van der Waals surface area (Å²) in [4.78, 5) is 23.3. The molecule has 19 heavy (non-hydrogen) atoms. The number of amides is 2. The molecule has 6 nitrogen and oxygen atoms in total. The summed E-state index contributed by atoms with van der Waals surface area (Å²) in [6.07, 6.45) is 0. The minimum atomic E-state index is -0.827. The Bertz CT molecular complexity index is 498. The Labute approximate surface area is 112 Å². The van der Waals surface area contributed by atoms with Crippen molar-refractivity contribution in [2.75, 3.05) is 19.4 Å². The Morgan fingerprint density at radius 2 is 2.00 bits per heavy atom. The summed E-state index contributed by atoms with van der Waals surface area (Å²) < 4.78 is 5.09. The van der Waals surface area contributed by atoms with Gasteiger partial charge in [-0.3, -0.25) is 9.59 Å². The maximum Gasteiger partial charge on any atom is 0.257 e. The smallest absolute Gasteiger partial charge is 0.257 e. The van der Waals surface area contributed by atoms with Crippen LogP contribution in [0.15, 0.2) is 18.2 Å². The summed E-state index contributed by atoms with van der Waals surface area (Å²) in [6.45, 7) is 3.43. The number of nitrogens with one attached hydrogen (secondary N) is 1. The lowest BCUT2D eigenvalue weighted by molar-refractivity contribution is -0.125. The summed E-state index contributed by atoms with van der Waals surface area (Å²) in [5.74, 6) is -0.501. The van der Waals surface area contributed by atoms with Gasteiger partial charge in [0.05, 0.1) is 12.5 Å². The van der Waals surface area contributed by atoms with E-state index in [9.17, 15) is 9.59 Å². The minimum absolute atomic E-state index is 0.124. The zero-order valence-corrected chi connectivity index (χ0v) is 11.3. The van der Waals surface area contributed by atoms with Gasteiger partial charge in [0.2, 0.25) is 5.91 Å². The summed E-state index contributed by atoms with van der Waals surface area (Å²) in [5.41, 5.74) is 10.7. The van der Waals surface area contributed by atoms with E-state index < -0.39 is 17.2 Å². The number of methoxy groups -OCH3 is 1. The van der Waals surface area contributed by atoms with Crippen molar-refractivity contribution in [2.45, 2.75) is 13.8 Å². The van der Waals surface area contributed by atoms with Crippen molar-refractivity contribution in [3.05, 3.63) is 23.8 Å². The highest BCUT2D eigenvalue weighted by Gasteiger charge is 2.26. The second-order valence-corrected chi connectivity index (χ2v) is 4.86. The quantitative estimate of drug-likeness (QED) is 0.674. The van der Waals surface area contributed by atoms with E-state index in [1.165, 1.54) is 7.11 Å². The zero-order chi connectivity index (χ0) is 14.6. The topological polar surface area (TPSA) is 107 Å². The van der Waals surface area contributed by atoms with Crippen LogP contribution in [0.2, 0.25) is 0 Å². The van der Waals surface area contributed by atoms with Crippen LogP contribution in [0, 0.1) is 5.41 Å². The van der Waals surface area contributed by atoms with Crippen molar-refractivity contribution in [1.82, 2.24) is 5.32 Å². The molecule has 2 amide bonds. The summed E-state index contributed by atoms with van der Waals surface area (Å²) in [7, 11) is 1.46. The van der Waals surface area contributed by atoms with Crippen molar-refractivity contribution in [2.24, 2.45) is 11.1 Å². The SMILES string of the molecule is COc1cccc(N)c1C(=O)NCC(C)(C)C(N)=O. The normalized spacial score (nSPS) is 10.9.